The van der Waals surface area contributed by atoms with E-state index in [4.69, 9.17) is 4.74 Å². The second-order valence-electron chi connectivity index (χ2n) is 5.02. The van der Waals surface area contributed by atoms with E-state index in [1.54, 1.807) is 0 Å². The van der Waals surface area contributed by atoms with E-state index >= 15 is 0 Å². The highest BCUT2D eigenvalue weighted by Crippen LogP contribution is 2.42. The van der Waals surface area contributed by atoms with E-state index in [1.165, 1.54) is 0 Å². The summed E-state index contributed by atoms with van der Waals surface area (Å²) in [7, 11) is 0. The largest absolute Gasteiger partial charge is 0.477 e. The van der Waals surface area contributed by atoms with Crippen LogP contribution in [0.25, 0.3) is 0 Å². The molecule has 0 bridgehead atoms. The molecule has 0 saturated carbocycles. The Morgan fingerprint density at radius 3 is 2.41 bits per heavy atom. The SMILES string of the molecule is O=[N+]([O-])[C@H]1Cc2cc(Br)cc(Br)c2O[C@H]1c1ccc(Br)cc1. The Morgan fingerprint density at radius 1 is 1.09 bits per heavy atom. The topological polar surface area (TPSA) is 52.4 Å². The summed E-state index contributed by atoms with van der Waals surface area (Å²) in [6.45, 7) is 0. The van der Waals surface area contributed by atoms with Crippen molar-refractivity contribution in [3.05, 3.63) is 71.1 Å². The Balaban J connectivity index is 2.05. The monoisotopic (exact) mass is 489 g/mol. The van der Waals surface area contributed by atoms with Crippen LogP contribution in [0.5, 0.6) is 5.75 Å². The summed E-state index contributed by atoms with van der Waals surface area (Å²) in [6.07, 6.45) is -0.269. The number of fused-ring (bicyclic) bond motifs is 1. The second-order valence-corrected chi connectivity index (χ2v) is 7.71. The predicted octanol–water partition coefficient (Wildman–Crippen LogP) is 5.30. The molecule has 0 amide bonds. The summed E-state index contributed by atoms with van der Waals surface area (Å²) in [6, 6.07) is 10.4. The molecule has 0 N–H and O–H groups in total. The number of hydrogen-bond acceptors (Lipinski definition) is 3. The van der Waals surface area contributed by atoms with Crippen LogP contribution in [0.4, 0.5) is 0 Å². The van der Waals surface area contributed by atoms with E-state index in [0.717, 1.165) is 24.5 Å². The first-order valence-electron chi connectivity index (χ1n) is 6.49. The van der Waals surface area contributed by atoms with E-state index in [-0.39, 0.29) is 4.92 Å². The van der Waals surface area contributed by atoms with E-state index in [0.29, 0.717) is 12.2 Å². The van der Waals surface area contributed by atoms with Crippen LogP contribution in [0.15, 0.2) is 49.8 Å². The number of benzene rings is 2. The molecule has 0 radical (unpaired) electrons. The maximum atomic E-state index is 11.5. The van der Waals surface area contributed by atoms with Crippen molar-refractivity contribution in [2.45, 2.75) is 18.6 Å². The highest BCUT2D eigenvalue weighted by molar-refractivity contribution is 9.11. The van der Waals surface area contributed by atoms with Crippen molar-refractivity contribution in [1.29, 1.82) is 0 Å². The minimum absolute atomic E-state index is 0.259. The molecule has 2 atom stereocenters. The van der Waals surface area contributed by atoms with Crippen LogP contribution in [0.3, 0.4) is 0 Å². The highest BCUT2D eigenvalue weighted by atomic mass is 79.9. The molecule has 0 fully saturated rings. The van der Waals surface area contributed by atoms with Gasteiger partial charge in [-0.05, 0) is 45.8 Å². The van der Waals surface area contributed by atoms with Gasteiger partial charge in [0.2, 0.25) is 0 Å². The Hall–Kier alpha value is -0.920. The van der Waals surface area contributed by atoms with Gasteiger partial charge in [-0.15, -0.1) is 0 Å². The molecule has 2 aromatic rings. The Kier molecular flexibility index (Phi) is 4.56. The number of nitro groups is 1. The fraction of sp³-hybridized carbons (Fsp3) is 0.200. The average molecular weight is 492 g/mol. The van der Waals surface area contributed by atoms with Crippen LogP contribution in [-0.2, 0) is 6.42 Å². The molecular weight excluding hydrogens is 482 g/mol. The summed E-state index contributed by atoms with van der Waals surface area (Å²) >= 11 is 10.2. The molecule has 114 valence electrons. The van der Waals surface area contributed by atoms with Gasteiger partial charge in [0.15, 0.2) is 6.10 Å². The standard InChI is InChI=1S/C15H10Br3NO3/c16-10-3-1-8(2-4-10)15-13(19(20)21)6-9-5-11(17)7-12(18)14(9)22-15/h1-5,7,13,15H,6H2/t13-,15-/m0/s1. The second kappa shape index (κ2) is 6.29. The van der Waals surface area contributed by atoms with E-state index < -0.39 is 12.1 Å². The lowest BCUT2D eigenvalue weighted by atomic mass is 9.93. The van der Waals surface area contributed by atoms with Crippen molar-refractivity contribution in [1.82, 2.24) is 0 Å². The third kappa shape index (κ3) is 3.07. The van der Waals surface area contributed by atoms with Gasteiger partial charge in [0.05, 0.1) is 4.47 Å². The number of rotatable bonds is 2. The third-order valence-corrected chi connectivity index (χ3v) is 5.15. The van der Waals surface area contributed by atoms with Gasteiger partial charge < -0.3 is 4.74 Å². The summed E-state index contributed by atoms with van der Waals surface area (Å²) in [5.74, 6) is 0.675. The Morgan fingerprint density at radius 2 is 1.77 bits per heavy atom. The van der Waals surface area contributed by atoms with Crippen LogP contribution in [0.2, 0.25) is 0 Å². The Bertz CT molecular complexity index is 734. The molecule has 3 rings (SSSR count). The van der Waals surface area contributed by atoms with Crippen molar-refractivity contribution in [3.63, 3.8) is 0 Å². The maximum absolute atomic E-state index is 11.5. The van der Waals surface area contributed by atoms with Gasteiger partial charge in [0, 0.05) is 25.9 Å². The van der Waals surface area contributed by atoms with Crippen molar-refractivity contribution in [2.75, 3.05) is 0 Å². The van der Waals surface area contributed by atoms with Crippen LogP contribution in [0, 0.1) is 10.1 Å². The van der Waals surface area contributed by atoms with Gasteiger partial charge >= 0.3 is 0 Å². The van der Waals surface area contributed by atoms with Crippen LogP contribution in [-0.4, -0.2) is 11.0 Å². The molecule has 1 aliphatic heterocycles. The summed E-state index contributed by atoms with van der Waals surface area (Å²) in [5.41, 5.74) is 1.63. The summed E-state index contributed by atoms with van der Waals surface area (Å²) < 4.78 is 8.58. The molecule has 0 spiro atoms. The molecule has 4 nitrogen and oxygen atoms in total. The first-order chi connectivity index (χ1) is 10.5. The number of hydrogen-bond donors (Lipinski definition) is 0. The highest BCUT2D eigenvalue weighted by Gasteiger charge is 2.40. The molecule has 0 aliphatic carbocycles. The van der Waals surface area contributed by atoms with Crippen LogP contribution in [0.1, 0.15) is 17.2 Å². The number of nitrogens with zero attached hydrogens (tertiary/aromatic N) is 1. The predicted molar refractivity (Wildman–Crippen MR) is 93.8 cm³/mol. The lowest BCUT2D eigenvalue weighted by Gasteiger charge is -2.29. The van der Waals surface area contributed by atoms with Crippen molar-refractivity contribution < 1.29 is 9.66 Å². The van der Waals surface area contributed by atoms with Gasteiger partial charge in [0.1, 0.15) is 5.75 Å². The first kappa shape index (κ1) is 16.0. The van der Waals surface area contributed by atoms with Crippen molar-refractivity contribution in [2.24, 2.45) is 0 Å². The molecule has 0 unspecified atom stereocenters. The smallest absolute Gasteiger partial charge is 0.257 e. The van der Waals surface area contributed by atoms with E-state index in [9.17, 15) is 10.1 Å². The first-order valence-corrected chi connectivity index (χ1v) is 8.87. The lowest BCUT2D eigenvalue weighted by Crippen LogP contribution is -2.36. The molecule has 22 heavy (non-hydrogen) atoms. The van der Waals surface area contributed by atoms with Crippen LogP contribution >= 0.6 is 47.8 Å². The van der Waals surface area contributed by atoms with E-state index in [2.05, 4.69) is 47.8 Å². The van der Waals surface area contributed by atoms with Gasteiger partial charge in [-0.25, -0.2) is 0 Å². The molecular formula is C15H10Br3NO3. The van der Waals surface area contributed by atoms with E-state index in [1.807, 2.05) is 36.4 Å². The summed E-state index contributed by atoms with van der Waals surface area (Å²) in [4.78, 5) is 11.2. The number of halogens is 3. The fourth-order valence-electron chi connectivity index (χ4n) is 2.56. The molecule has 0 saturated heterocycles. The van der Waals surface area contributed by atoms with Gasteiger partial charge in [-0.1, -0.05) is 44.0 Å². The lowest BCUT2D eigenvalue weighted by molar-refractivity contribution is -0.535. The molecule has 1 aliphatic rings. The average Bonchev–Trinajstić information content (AvgIpc) is 2.47. The summed E-state index contributed by atoms with van der Waals surface area (Å²) in [5, 5.41) is 11.5. The fourth-order valence-corrected chi connectivity index (χ4v) is 4.23. The molecule has 7 heteroatoms. The zero-order valence-electron chi connectivity index (χ0n) is 11.1. The van der Waals surface area contributed by atoms with Crippen molar-refractivity contribution >= 4 is 47.8 Å². The zero-order valence-corrected chi connectivity index (χ0v) is 15.9. The quantitative estimate of drug-likeness (QED) is 0.423. The number of ether oxygens (including phenoxy) is 1. The normalized spacial score (nSPS) is 20.1. The van der Waals surface area contributed by atoms with Crippen molar-refractivity contribution in [3.8, 4) is 5.75 Å². The van der Waals surface area contributed by atoms with Gasteiger partial charge in [-0.2, -0.15) is 0 Å². The van der Waals surface area contributed by atoms with Gasteiger partial charge in [-0.3, -0.25) is 10.1 Å². The van der Waals surface area contributed by atoms with Gasteiger partial charge in [0.25, 0.3) is 6.04 Å². The Labute approximate surface area is 152 Å². The maximum Gasteiger partial charge on any atom is 0.257 e. The molecule has 2 aromatic carbocycles. The zero-order chi connectivity index (χ0) is 15.9. The minimum atomic E-state index is -0.810. The molecule has 1 heterocycles. The minimum Gasteiger partial charge on any atom is -0.477 e. The molecule has 0 aromatic heterocycles. The van der Waals surface area contributed by atoms with Crippen LogP contribution < -0.4 is 4.74 Å². The third-order valence-electron chi connectivity index (χ3n) is 3.58.